The molecule has 0 aliphatic rings. The Morgan fingerprint density at radius 1 is 1.27 bits per heavy atom. The second kappa shape index (κ2) is 6.31. The van der Waals surface area contributed by atoms with Gasteiger partial charge < -0.3 is 9.26 Å². The van der Waals surface area contributed by atoms with Crippen molar-refractivity contribution in [1.82, 2.24) is 20.1 Å². The third-order valence-corrected chi connectivity index (χ3v) is 3.01. The Labute approximate surface area is 129 Å². The average molecular weight is 317 g/mol. The number of ether oxygens (including phenoxy) is 1. The van der Waals surface area contributed by atoms with Crippen LogP contribution in [0.2, 0.25) is 5.02 Å². The molecule has 0 unspecified atom stereocenters. The molecule has 0 amide bonds. The van der Waals surface area contributed by atoms with E-state index in [1.54, 1.807) is 18.2 Å². The van der Waals surface area contributed by atoms with Crippen LogP contribution in [0.25, 0.3) is 11.4 Å². The van der Waals surface area contributed by atoms with Gasteiger partial charge in [0.05, 0.1) is 11.2 Å². The van der Waals surface area contributed by atoms with E-state index in [9.17, 15) is 4.79 Å². The molecule has 3 aromatic rings. The highest BCUT2D eigenvalue weighted by Crippen LogP contribution is 2.24. The number of halogens is 1. The molecular weight excluding hydrogens is 308 g/mol. The smallest absolute Gasteiger partial charge is 0.359 e. The van der Waals surface area contributed by atoms with Gasteiger partial charge in [-0.1, -0.05) is 28.9 Å². The second-order valence-corrected chi connectivity index (χ2v) is 4.57. The fourth-order valence-corrected chi connectivity index (χ4v) is 1.89. The minimum Gasteiger partial charge on any atom is -0.451 e. The topological polar surface area (TPSA) is 91.0 Å². The number of rotatable bonds is 4. The number of esters is 1. The maximum atomic E-state index is 11.7. The molecule has 0 atom stereocenters. The first kappa shape index (κ1) is 14.2. The van der Waals surface area contributed by atoms with E-state index in [-0.39, 0.29) is 18.2 Å². The molecule has 0 radical (unpaired) electrons. The molecular formula is C14H9ClN4O3. The maximum absolute atomic E-state index is 11.7. The number of hydrogen-bond donors (Lipinski definition) is 0. The van der Waals surface area contributed by atoms with Gasteiger partial charge in [-0.15, -0.1) is 0 Å². The highest BCUT2D eigenvalue weighted by Gasteiger charge is 2.14. The van der Waals surface area contributed by atoms with Gasteiger partial charge in [0, 0.05) is 18.0 Å². The molecule has 0 fully saturated rings. The van der Waals surface area contributed by atoms with E-state index in [1.165, 1.54) is 18.6 Å². The molecule has 0 N–H and O–H groups in total. The lowest BCUT2D eigenvalue weighted by Gasteiger charge is -1.99. The van der Waals surface area contributed by atoms with Crippen molar-refractivity contribution in [2.45, 2.75) is 6.61 Å². The standard InChI is InChI=1S/C14H9ClN4O3/c15-10-4-2-1-3-9(10)13-18-12(22-19-13)8-21-14(20)11-7-16-5-6-17-11/h1-7H,8H2. The zero-order chi connectivity index (χ0) is 15.4. The summed E-state index contributed by atoms with van der Waals surface area (Å²) in [6.07, 6.45) is 4.18. The summed E-state index contributed by atoms with van der Waals surface area (Å²) in [5, 5.41) is 4.31. The van der Waals surface area contributed by atoms with Crippen LogP contribution in [-0.2, 0) is 11.3 Å². The molecule has 0 bridgehead atoms. The number of hydrogen-bond acceptors (Lipinski definition) is 7. The fourth-order valence-electron chi connectivity index (χ4n) is 1.67. The van der Waals surface area contributed by atoms with Crippen molar-refractivity contribution in [3.8, 4) is 11.4 Å². The van der Waals surface area contributed by atoms with E-state index in [4.69, 9.17) is 20.9 Å². The van der Waals surface area contributed by atoms with Gasteiger partial charge in [-0.05, 0) is 12.1 Å². The molecule has 3 rings (SSSR count). The first-order valence-electron chi connectivity index (χ1n) is 6.24. The monoisotopic (exact) mass is 316 g/mol. The van der Waals surface area contributed by atoms with Gasteiger partial charge in [-0.2, -0.15) is 4.98 Å². The number of aromatic nitrogens is 4. The van der Waals surface area contributed by atoms with Crippen molar-refractivity contribution in [3.05, 3.63) is 59.5 Å². The van der Waals surface area contributed by atoms with Crippen LogP contribution in [0, 0.1) is 0 Å². The predicted molar refractivity (Wildman–Crippen MR) is 75.9 cm³/mol. The molecule has 2 aromatic heterocycles. The van der Waals surface area contributed by atoms with Crippen molar-refractivity contribution >= 4 is 17.6 Å². The lowest BCUT2D eigenvalue weighted by Crippen LogP contribution is -2.07. The summed E-state index contributed by atoms with van der Waals surface area (Å²) in [6, 6.07) is 7.10. The van der Waals surface area contributed by atoms with Gasteiger partial charge in [-0.25, -0.2) is 9.78 Å². The van der Waals surface area contributed by atoms with Crippen molar-refractivity contribution in [1.29, 1.82) is 0 Å². The minimum atomic E-state index is -0.620. The SMILES string of the molecule is O=C(OCc1nc(-c2ccccc2Cl)no1)c1cnccn1. The van der Waals surface area contributed by atoms with Crippen LogP contribution >= 0.6 is 11.6 Å². The molecule has 110 valence electrons. The summed E-state index contributed by atoms with van der Waals surface area (Å²) in [4.78, 5) is 23.5. The highest BCUT2D eigenvalue weighted by molar-refractivity contribution is 6.33. The molecule has 0 aliphatic heterocycles. The van der Waals surface area contributed by atoms with E-state index in [0.717, 1.165) is 0 Å². The summed E-state index contributed by atoms with van der Waals surface area (Å²) in [5.74, 6) is -0.131. The molecule has 7 nitrogen and oxygen atoms in total. The van der Waals surface area contributed by atoms with E-state index in [0.29, 0.717) is 16.4 Å². The summed E-state index contributed by atoms with van der Waals surface area (Å²) >= 11 is 6.05. The third-order valence-electron chi connectivity index (χ3n) is 2.68. The lowest BCUT2D eigenvalue weighted by molar-refractivity contribution is 0.0422. The van der Waals surface area contributed by atoms with E-state index in [1.807, 2.05) is 6.07 Å². The normalized spacial score (nSPS) is 10.4. The van der Waals surface area contributed by atoms with E-state index < -0.39 is 5.97 Å². The number of benzene rings is 1. The van der Waals surface area contributed by atoms with Crippen molar-refractivity contribution in [2.75, 3.05) is 0 Å². The zero-order valence-corrected chi connectivity index (χ0v) is 11.9. The summed E-state index contributed by atoms with van der Waals surface area (Å²) < 4.78 is 10.1. The minimum absolute atomic E-state index is 0.105. The first-order chi connectivity index (χ1) is 10.7. The molecule has 1 aromatic carbocycles. The van der Waals surface area contributed by atoms with Crippen LogP contribution in [0.3, 0.4) is 0 Å². The molecule has 2 heterocycles. The summed E-state index contributed by atoms with van der Waals surface area (Å²) in [7, 11) is 0. The molecule has 0 saturated heterocycles. The van der Waals surface area contributed by atoms with Gasteiger partial charge in [0.2, 0.25) is 5.82 Å². The van der Waals surface area contributed by atoms with Gasteiger partial charge in [0.15, 0.2) is 12.3 Å². The van der Waals surface area contributed by atoms with Gasteiger partial charge in [0.1, 0.15) is 0 Å². The zero-order valence-electron chi connectivity index (χ0n) is 11.1. The Bertz CT molecular complexity index is 792. The third kappa shape index (κ3) is 3.09. The number of nitrogens with zero attached hydrogens (tertiary/aromatic N) is 4. The van der Waals surface area contributed by atoms with E-state index in [2.05, 4.69) is 20.1 Å². The molecule has 22 heavy (non-hydrogen) atoms. The predicted octanol–water partition coefficient (Wildman–Crippen LogP) is 2.54. The Morgan fingerprint density at radius 3 is 2.91 bits per heavy atom. The number of carbonyl (C=O) groups is 1. The van der Waals surface area contributed by atoms with Gasteiger partial charge in [0.25, 0.3) is 5.89 Å². The first-order valence-corrected chi connectivity index (χ1v) is 6.62. The van der Waals surface area contributed by atoms with Crippen molar-refractivity contribution < 1.29 is 14.1 Å². The Hall–Kier alpha value is -2.80. The van der Waals surface area contributed by atoms with Crippen LogP contribution < -0.4 is 0 Å². The Morgan fingerprint density at radius 2 is 2.14 bits per heavy atom. The molecule has 0 aliphatic carbocycles. The van der Waals surface area contributed by atoms with Crippen molar-refractivity contribution in [3.63, 3.8) is 0 Å². The second-order valence-electron chi connectivity index (χ2n) is 4.16. The van der Waals surface area contributed by atoms with Crippen LogP contribution in [0.4, 0.5) is 0 Å². The Balaban J connectivity index is 1.68. The van der Waals surface area contributed by atoms with E-state index >= 15 is 0 Å². The molecule has 0 spiro atoms. The van der Waals surface area contributed by atoms with Crippen LogP contribution in [-0.4, -0.2) is 26.1 Å². The van der Waals surface area contributed by atoms with Gasteiger partial charge in [-0.3, -0.25) is 4.98 Å². The lowest BCUT2D eigenvalue weighted by atomic mass is 10.2. The summed E-state index contributed by atoms with van der Waals surface area (Å²) in [5.41, 5.74) is 0.743. The van der Waals surface area contributed by atoms with Crippen LogP contribution in [0.5, 0.6) is 0 Å². The van der Waals surface area contributed by atoms with Crippen molar-refractivity contribution in [2.24, 2.45) is 0 Å². The largest absolute Gasteiger partial charge is 0.451 e. The highest BCUT2D eigenvalue weighted by atomic mass is 35.5. The van der Waals surface area contributed by atoms with Gasteiger partial charge >= 0.3 is 5.97 Å². The molecule has 0 saturated carbocycles. The quantitative estimate of drug-likeness (QED) is 0.683. The number of carbonyl (C=O) groups excluding carboxylic acids is 1. The summed E-state index contributed by atoms with van der Waals surface area (Å²) in [6.45, 7) is -0.160. The fraction of sp³-hybridized carbons (Fsp3) is 0.0714. The average Bonchev–Trinajstić information content (AvgIpc) is 3.02. The van der Waals surface area contributed by atoms with Crippen LogP contribution in [0.1, 0.15) is 16.4 Å². The van der Waals surface area contributed by atoms with Crippen LogP contribution in [0.15, 0.2) is 47.4 Å². The Kier molecular flexibility index (Phi) is 4.06. The maximum Gasteiger partial charge on any atom is 0.359 e. The molecule has 8 heteroatoms.